The number of carbonyl (C=O) groups is 2. The minimum atomic E-state index is -5.08. The van der Waals surface area contributed by atoms with Crippen LogP contribution in [0.3, 0.4) is 0 Å². The van der Waals surface area contributed by atoms with Gasteiger partial charge >= 0.3 is 18.1 Å². The summed E-state index contributed by atoms with van der Waals surface area (Å²) in [7, 11) is -0.808. The molecule has 3 N–H and O–H groups in total. The summed E-state index contributed by atoms with van der Waals surface area (Å²) < 4.78 is 69.9. The molecule has 0 spiro atoms. The van der Waals surface area contributed by atoms with E-state index < -0.39 is 28.1 Å². The van der Waals surface area contributed by atoms with Crippen LogP contribution in [0.25, 0.3) is 0 Å². The number of likely N-dealkylation sites (N-methyl/N-ethyl adjacent to an activating group) is 1. The van der Waals surface area contributed by atoms with Crippen LogP contribution in [0, 0.1) is 13.8 Å². The van der Waals surface area contributed by atoms with E-state index in [2.05, 4.69) is 9.88 Å². The molecule has 0 aliphatic carbocycles. The molecule has 0 bridgehead atoms. The van der Waals surface area contributed by atoms with Gasteiger partial charge in [-0.25, -0.2) is 18.0 Å². The highest BCUT2D eigenvalue weighted by Gasteiger charge is 2.38. The number of aromatic carboxylic acids is 1. The SMILES string of the molecule is COc1ccc(S(=O)(=O)Nc2ccc(N(C)CCc3c(C)noc3C)c(C(=O)O)c2)cc1Cl.O=C(O)C(F)(F)F. The number of nitrogens with zero attached hydrogens (tertiary/aromatic N) is 2. The van der Waals surface area contributed by atoms with E-state index in [4.69, 9.17) is 30.8 Å². The molecule has 0 aliphatic heterocycles. The average Bonchev–Trinajstić information content (AvgIpc) is 3.18. The van der Waals surface area contributed by atoms with Gasteiger partial charge in [-0.1, -0.05) is 16.8 Å². The van der Waals surface area contributed by atoms with Crippen molar-refractivity contribution < 1.29 is 50.7 Å². The van der Waals surface area contributed by atoms with Crippen LogP contribution in [0.2, 0.25) is 5.02 Å². The molecule has 0 fully saturated rings. The zero-order chi connectivity index (χ0) is 30.4. The number of carboxylic acid groups (broad SMARTS) is 2. The molecule has 3 aromatic rings. The maximum absolute atomic E-state index is 12.8. The van der Waals surface area contributed by atoms with Crippen LogP contribution < -0.4 is 14.4 Å². The Morgan fingerprint density at radius 2 is 1.77 bits per heavy atom. The van der Waals surface area contributed by atoms with Crippen molar-refractivity contribution in [2.24, 2.45) is 0 Å². The molecule has 218 valence electrons. The first-order valence-corrected chi connectivity index (χ1v) is 13.0. The molecule has 16 heteroatoms. The van der Waals surface area contributed by atoms with E-state index in [9.17, 15) is 31.5 Å². The zero-order valence-corrected chi connectivity index (χ0v) is 23.1. The maximum atomic E-state index is 12.8. The molecule has 0 saturated heterocycles. The number of carboxylic acids is 2. The van der Waals surface area contributed by atoms with E-state index in [0.717, 1.165) is 17.0 Å². The molecule has 3 rings (SSSR count). The quantitative estimate of drug-likeness (QED) is 0.309. The number of sulfonamides is 1. The Morgan fingerprint density at radius 3 is 2.25 bits per heavy atom. The van der Waals surface area contributed by atoms with Crippen LogP contribution in [-0.4, -0.2) is 62.6 Å². The number of aliphatic carboxylic acids is 1. The first kappa shape index (κ1) is 32.2. The highest BCUT2D eigenvalue weighted by molar-refractivity contribution is 7.92. The molecular weight excluding hydrogens is 583 g/mol. The Balaban J connectivity index is 0.000000708. The number of aryl methyl sites for hydroxylation is 2. The number of aromatic nitrogens is 1. The number of ether oxygens (including phenoxy) is 1. The third kappa shape index (κ3) is 8.26. The van der Waals surface area contributed by atoms with Gasteiger partial charge in [0.05, 0.1) is 34.0 Å². The van der Waals surface area contributed by atoms with Gasteiger partial charge in [-0.05, 0) is 56.7 Å². The first-order chi connectivity index (χ1) is 18.5. The van der Waals surface area contributed by atoms with E-state index >= 15 is 0 Å². The first-order valence-electron chi connectivity index (χ1n) is 11.1. The number of nitrogens with one attached hydrogen (secondary N) is 1. The van der Waals surface area contributed by atoms with Crippen molar-refractivity contribution in [3.05, 3.63) is 64.0 Å². The van der Waals surface area contributed by atoms with Gasteiger partial charge in [-0.3, -0.25) is 4.72 Å². The Bertz CT molecular complexity index is 1470. The number of hydrogen-bond donors (Lipinski definition) is 3. The van der Waals surface area contributed by atoms with Gasteiger partial charge in [0.25, 0.3) is 10.0 Å². The van der Waals surface area contributed by atoms with Gasteiger partial charge in [-0.15, -0.1) is 0 Å². The molecule has 1 aromatic heterocycles. The van der Waals surface area contributed by atoms with Crippen LogP contribution in [0.5, 0.6) is 5.75 Å². The fourth-order valence-corrected chi connectivity index (χ4v) is 4.79. The predicted molar refractivity (Wildman–Crippen MR) is 139 cm³/mol. The van der Waals surface area contributed by atoms with E-state index in [1.807, 2.05) is 13.8 Å². The molecule has 0 amide bonds. The van der Waals surface area contributed by atoms with Crippen molar-refractivity contribution in [1.29, 1.82) is 0 Å². The topological polar surface area (TPSA) is 159 Å². The Morgan fingerprint density at radius 1 is 1.15 bits per heavy atom. The summed E-state index contributed by atoms with van der Waals surface area (Å²) in [6.45, 7) is 4.19. The largest absolute Gasteiger partial charge is 0.495 e. The fraction of sp³-hybridized carbons (Fsp3) is 0.292. The fourth-order valence-electron chi connectivity index (χ4n) is 3.39. The van der Waals surface area contributed by atoms with Crippen molar-refractivity contribution in [3.63, 3.8) is 0 Å². The molecule has 40 heavy (non-hydrogen) atoms. The second-order valence-electron chi connectivity index (χ2n) is 8.22. The highest BCUT2D eigenvalue weighted by Crippen LogP contribution is 2.29. The van der Waals surface area contributed by atoms with E-state index in [0.29, 0.717) is 24.4 Å². The normalized spacial score (nSPS) is 11.3. The Hall–Kier alpha value is -3.98. The number of benzene rings is 2. The van der Waals surface area contributed by atoms with Crippen LogP contribution in [-0.2, 0) is 21.2 Å². The average molecular weight is 608 g/mol. The van der Waals surface area contributed by atoms with E-state index in [1.54, 1.807) is 18.0 Å². The summed E-state index contributed by atoms with van der Waals surface area (Å²) in [5.41, 5.74) is 2.29. The third-order valence-corrected chi connectivity index (χ3v) is 7.12. The Kier molecular flexibility index (Phi) is 10.4. The highest BCUT2D eigenvalue weighted by atomic mass is 35.5. The van der Waals surface area contributed by atoms with Gasteiger partial charge in [0.15, 0.2) is 0 Å². The number of anilines is 2. The second-order valence-corrected chi connectivity index (χ2v) is 10.3. The van der Waals surface area contributed by atoms with Gasteiger partial charge in [0, 0.05) is 24.8 Å². The monoisotopic (exact) mass is 607 g/mol. The maximum Gasteiger partial charge on any atom is 0.490 e. The van der Waals surface area contributed by atoms with Gasteiger partial charge in [0.1, 0.15) is 11.5 Å². The molecule has 0 aliphatic rings. The second kappa shape index (κ2) is 12.9. The molecule has 0 unspecified atom stereocenters. The zero-order valence-electron chi connectivity index (χ0n) is 21.5. The van der Waals surface area contributed by atoms with Crippen molar-refractivity contribution >= 4 is 44.9 Å². The van der Waals surface area contributed by atoms with Crippen molar-refractivity contribution in [3.8, 4) is 5.75 Å². The lowest BCUT2D eigenvalue weighted by Crippen LogP contribution is -2.23. The van der Waals surface area contributed by atoms with Crippen LogP contribution >= 0.6 is 11.6 Å². The van der Waals surface area contributed by atoms with E-state index in [-0.39, 0.29) is 21.2 Å². The van der Waals surface area contributed by atoms with Gasteiger partial charge in [0.2, 0.25) is 0 Å². The summed E-state index contributed by atoms with van der Waals surface area (Å²) in [5, 5.41) is 20.9. The number of alkyl halides is 3. The van der Waals surface area contributed by atoms with Crippen LogP contribution in [0.1, 0.15) is 27.4 Å². The molecule has 2 aromatic carbocycles. The van der Waals surface area contributed by atoms with Crippen LogP contribution in [0.15, 0.2) is 45.8 Å². The van der Waals surface area contributed by atoms with Crippen molar-refractivity contribution in [1.82, 2.24) is 5.16 Å². The van der Waals surface area contributed by atoms with E-state index in [1.165, 1.54) is 37.4 Å². The third-order valence-electron chi connectivity index (χ3n) is 5.44. The molecular formula is C24H25ClF3N3O8S. The number of methoxy groups -OCH3 is 1. The molecule has 0 radical (unpaired) electrons. The lowest BCUT2D eigenvalue weighted by atomic mass is 10.1. The number of halogens is 4. The van der Waals surface area contributed by atoms with Gasteiger partial charge in [-0.2, -0.15) is 13.2 Å². The molecule has 0 atom stereocenters. The smallest absolute Gasteiger partial charge is 0.490 e. The lowest BCUT2D eigenvalue weighted by molar-refractivity contribution is -0.192. The van der Waals surface area contributed by atoms with Gasteiger partial charge < -0.3 is 24.4 Å². The van der Waals surface area contributed by atoms with Crippen molar-refractivity contribution in [2.75, 3.05) is 30.3 Å². The van der Waals surface area contributed by atoms with Crippen molar-refractivity contribution in [2.45, 2.75) is 31.3 Å². The number of hydrogen-bond acceptors (Lipinski definition) is 8. The minimum Gasteiger partial charge on any atom is -0.495 e. The standard InChI is InChI=1S/C22H24ClN3O6S.C2HF3O2/c1-13-17(14(2)32-24-13)9-10-26(3)20-7-5-15(11-18(20)22(27)28)25-33(29,30)16-6-8-21(31-4)19(23)12-16;3-2(4,5)1(6)7/h5-8,11-12,25H,9-10H2,1-4H3,(H,27,28);(H,6,7). The summed E-state index contributed by atoms with van der Waals surface area (Å²) >= 11 is 6.04. The Labute approximate surface area is 232 Å². The molecule has 11 nitrogen and oxygen atoms in total. The lowest BCUT2D eigenvalue weighted by Gasteiger charge is -2.22. The van der Waals surface area contributed by atoms with Crippen LogP contribution in [0.4, 0.5) is 24.5 Å². The summed E-state index contributed by atoms with van der Waals surface area (Å²) in [5.74, 6) is -2.87. The molecule has 1 heterocycles. The summed E-state index contributed by atoms with van der Waals surface area (Å²) in [6.07, 6.45) is -4.47. The summed E-state index contributed by atoms with van der Waals surface area (Å²) in [6, 6.07) is 8.41. The molecule has 0 saturated carbocycles. The minimum absolute atomic E-state index is 0.0378. The summed E-state index contributed by atoms with van der Waals surface area (Å²) in [4.78, 5) is 22.5. The number of rotatable bonds is 9. The predicted octanol–water partition coefficient (Wildman–Crippen LogP) is 4.76.